The molecule has 3 heterocycles. The molecule has 4 aromatic rings. The van der Waals surface area contributed by atoms with Gasteiger partial charge in [-0.1, -0.05) is 29.8 Å². The fraction of sp³-hybridized carbons (Fsp3) is 0.444. The van der Waals surface area contributed by atoms with Crippen molar-refractivity contribution in [1.82, 2.24) is 30.0 Å². The molecule has 1 aliphatic carbocycles. The van der Waals surface area contributed by atoms with Gasteiger partial charge in [0, 0.05) is 25.3 Å². The Hall–Kier alpha value is -2.91. The second-order valence-electron chi connectivity index (χ2n) is 9.91. The molecule has 5 rings (SSSR count). The molecule has 0 saturated heterocycles. The number of nitrogens with zero attached hydrogens (tertiary/aromatic N) is 5. The van der Waals surface area contributed by atoms with Crippen molar-refractivity contribution in [1.29, 1.82) is 0 Å². The molecular formula is C27H35BrN8. The molecule has 190 valence electrons. The molecule has 4 N–H and O–H groups in total. The first-order valence-corrected chi connectivity index (χ1v) is 13.6. The van der Waals surface area contributed by atoms with Crippen LogP contribution in [0.2, 0.25) is 0 Å². The Bertz CT molecular complexity index is 1260. The third kappa shape index (κ3) is 5.73. The molecule has 2 unspecified atom stereocenters. The molecule has 0 spiro atoms. The summed E-state index contributed by atoms with van der Waals surface area (Å²) in [5.41, 5.74) is 10.8. The predicted octanol–water partition coefficient (Wildman–Crippen LogP) is 4.88. The van der Waals surface area contributed by atoms with E-state index in [1.54, 1.807) is 6.33 Å². The minimum Gasteiger partial charge on any atom is -0.383 e. The minimum atomic E-state index is 0.444. The van der Waals surface area contributed by atoms with E-state index >= 15 is 0 Å². The number of benzene rings is 1. The van der Waals surface area contributed by atoms with Crippen molar-refractivity contribution in [3.8, 4) is 0 Å². The van der Waals surface area contributed by atoms with Crippen LogP contribution in [-0.4, -0.2) is 50.9 Å². The number of nitrogens with two attached hydrogens (primary N) is 1. The highest BCUT2D eigenvalue weighted by Crippen LogP contribution is 2.38. The SMILES string of the molecule is Cc1ccc(CCNCCCN(CC2CCC(n3ccc4c(N)ncnc43)C2)c2cn[nH]c2Br)cc1. The van der Waals surface area contributed by atoms with Crippen molar-refractivity contribution >= 4 is 38.5 Å². The van der Waals surface area contributed by atoms with Gasteiger partial charge in [-0.25, -0.2) is 9.97 Å². The van der Waals surface area contributed by atoms with Gasteiger partial charge in [-0.2, -0.15) is 5.10 Å². The van der Waals surface area contributed by atoms with Crippen molar-refractivity contribution in [3.63, 3.8) is 0 Å². The van der Waals surface area contributed by atoms with Crippen molar-refractivity contribution in [3.05, 3.63) is 64.8 Å². The van der Waals surface area contributed by atoms with Crippen molar-refractivity contribution < 1.29 is 0 Å². The van der Waals surface area contributed by atoms with E-state index in [-0.39, 0.29) is 0 Å². The number of aromatic nitrogens is 5. The summed E-state index contributed by atoms with van der Waals surface area (Å²) in [5.74, 6) is 1.17. The highest BCUT2D eigenvalue weighted by Gasteiger charge is 2.29. The summed E-state index contributed by atoms with van der Waals surface area (Å²) in [6.07, 6.45) is 11.2. The molecule has 0 bridgehead atoms. The molecule has 1 fully saturated rings. The van der Waals surface area contributed by atoms with Gasteiger partial charge in [0.15, 0.2) is 0 Å². The number of halogens is 1. The van der Waals surface area contributed by atoms with E-state index in [0.717, 1.165) is 73.2 Å². The van der Waals surface area contributed by atoms with Crippen LogP contribution in [0.1, 0.15) is 42.9 Å². The number of aryl methyl sites for hydroxylation is 1. The average molecular weight is 552 g/mol. The van der Waals surface area contributed by atoms with Gasteiger partial charge in [-0.3, -0.25) is 5.10 Å². The van der Waals surface area contributed by atoms with Gasteiger partial charge < -0.3 is 20.5 Å². The average Bonchev–Trinajstić information content (AvgIpc) is 3.62. The summed E-state index contributed by atoms with van der Waals surface area (Å²) < 4.78 is 3.25. The highest BCUT2D eigenvalue weighted by molar-refractivity contribution is 9.10. The Morgan fingerprint density at radius 1 is 1.17 bits per heavy atom. The van der Waals surface area contributed by atoms with Gasteiger partial charge in [0.25, 0.3) is 0 Å². The van der Waals surface area contributed by atoms with Gasteiger partial charge in [-0.15, -0.1) is 0 Å². The molecule has 1 saturated carbocycles. The molecule has 2 atom stereocenters. The number of hydrogen-bond acceptors (Lipinski definition) is 6. The van der Waals surface area contributed by atoms with E-state index in [1.807, 2.05) is 12.3 Å². The lowest BCUT2D eigenvalue weighted by Gasteiger charge is -2.27. The van der Waals surface area contributed by atoms with Gasteiger partial charge in [0.05, 0.1) is 17.3 Å². The maximum atomic E-state index is 6.05. The molecule has 9 heteroatoms. The lowest BCUT2D eigenvalue weighted by molar-refractivity contribution is 0.476. The Kier molecular flexibility index (Phi) is 7.87. The predicted molar refractivity (Wildman–Crippen MR) is 149 cm³/mol. The van der Waals surface area contributed by atoms with Crippen molar-refractivity contribution in [2.75, 3.05) is 36.8 Å². The van der Waals surface area contributed by atoms with E-state index < -0.39 is 0 Å². The largest absolute Gasteiger partial charge is 0.383 e. The van der Waals surface area contributed by atoms with Crippen LogP contribution in [0.5, 0.6) is 0 Å². The highest BCUT2D eigenvalue weighted by atomic mass is 79.9. The summed E-state index contributed by atoms with van der Waals surface area (Å²) in [6.45, 7) is 6.15. The monoisotopic (exact) mass is 550 g/mol. The van der Waals surface area contributed by atoms with Gasteiger partial charge >= 0.3 is 0 Å². The van der Waals surface area contributed by atoms with Crippen molar-refractivity contribution in [2.45, 2.75) is 45.1 Å². The van der Waals surface area contributed by atoms with E-state index in [9.17, 15) is 0 Å². The van der Waals surface area contributed by atoms with Gasteiger partial charge in [0.2, 0.25) is 0 Å². The lowest BCUT2D eigenvalue weighted by Crippen LogP contribution is -2.32. The van der Waals surface area contributed by atoms with Gasteiger partial charge in [0.1, 0.15) is 22.4 Å². The fourth-order valence-electron chi connectivity index (χ4n) is 5.37. The number of fused-ring (bicyclic) bond motifs is 1. The van der Waals surface area contributed by atoms with E-state index in [4.69, 9.17) is 5.73 Å². The minimum absolute atomic E-state index is 0.444. The van der Waals surface area contributed by atoms with E-state index in [1.165, 1.54) is 17.5 Å². The Morgan fingerprint density at radius 2 is 2.03 bits per heavy atom. The topological polar surface area (TPSA) is 101 Å². The molecule has 8 nitrogen and oxygen atoms in total. The quantitative estimate of drug-likeness (QED) is 0.230. The second kappa shape index (κ2) is 11.4. The summed E-state index contributed by atoms with van der Waals surface area (Å²) in [5, 5.41) is 11.9. The third-order valence-corrected chi connectivity index (χ3v) is 7.92. The normalized spacial score (nSPS) is 17.7. The van der Waals surface area contributed by atoms with Crippen LogP contribution in [0.4, 0.5) is 11.5 Å². The van der Waals surface area contributed by atoms with Gasteiger partial charge in [-0.05, 0) is 85.6 Å². The van der Waals surface area contributed by atoms with Crippen molar-refractivity contribution in [2.24, 2.45) is 5.92 Å². The Morgan fingerprint density at radius 3 is 2.83 bits per heavy atom. The molecule has 1 aliphatic rings. The summed E-state index contributed by atoms with van der Waals surface area (Å²) in [7, 11) is 0. The summed E-state index contributed by atoms with van der Waals surface area (Å²) in [4.78, 5) is 11.1. The van der Waals surface area contributed by atoms with Crippen LogP contribution in [0.15, 0.2) is 53.7 Å². The molecule has 3 aromatic heterocycles. The Balaban J connectivity index is 1.14. The smallest absolute Gasteiger partial charge is 0.145 e. The number of nitrogen functional groups attached to an aromatic ring is 1. The van der Waals surface area contributed by atoms with Crippen LogP contribution < -0.4 is 16.0 Å². The van der Waals surface area contributed by atoms with Crippen LogP contribution in [0, 0.1) is 12.8 Å². The molecular weight excluding hydrogens is 516 g/mol. The lowest BCUT2D eigenvalue weighted by atomic mass is 10.1. The molecule has 0 amide bonds. The number of rotatable bonds is 11. The van der Waals surface area contributed by atoms with Crippen LogP contribution >= 0.6 is 15.9 Å². The zero-order valence-electron chi connectivity index (χ0n) is 20.8. The fourth-order valence-corrected chi connectivity index (χ4v) is 5.82. The molecule has 36 heavy (non-hydrogen) atoms. The molecule has 0 aliphatic heterocycles. The van der Waals surface area contributed by atoms with Crippen LogP contribution in [0.25, 0.3) is 11.0 Å². The molecule has 0 radical (unpaired) electrons. The number of H-pyrrole nitrogens is 1. The Labute approximate surface area is 220 Å². The molecule has 1 aromatic carbocycles. The number of nitrogens with one attached hydrogen (secondary N) is 2. The second-order valence-corrected chi connectivity index (χ2v) is 10.7. The van der Waals surface area contributed by atoms with Crippen LogP contribution in [0.3, 0.4) is 0 Å². The first-order chi connectivity index (χ1) is 17.6. The first kappa shape index (κ1) is 24.8. The maximum Gasteiger partial charge on any atom is 0.145 e. The number of aromatic amines is 1. The maximum absolute atomic E-state index is 6.05. The first-order valence-electron chi connectivity index (χ1n) is 12.9. The number of hydrogen-bond donors (Lipinski definition) is 3. The van der Waals surface area contributed by atoms with E-state index in [2.05, 4.69) is 88.3 Å². The standard InChI is InChI=1S/C27H35BrN8/c1-19-3-5-20(6-4-19)9-12-30-11-2-13-35(24-16-33-34-25(24)28)17-21-7-8-22(15-21)36-14-10-23-26(29)31-18-32-27(23)36/h3-6,10,14,16,18,21-22,30H,2,7-9,11-13,15,17H2,1H3,(H,33,34)(H2,29,31,32). The number of anilines is 2. The summed E-state index contributed by atoms with van der Waals surface area (Å²) in [6, 6.07) is 11.3. The third-order valence-electron chi connectivity index (χ3n) is 7.33. The van der Waals surface area contributed by atoms with Crippen LogP contribution in [-0.2, 0) is 6.42 Å². The summed E-state index contributed by atoms with van der Waals surface area (Å²) >= 11 is 3.65. The zero-order chi connectivity index (χ0) is 24.9. The van der Waals surface area contributed by atoms with E-state index in [0.29, 0.717) is 17.8 Å². The zero-order valence-corrected chi connectivity index (χ0v) is 22.4.